The van der Waals surface area contributed by atoms with Crippen LogP contribution >= 0.6 is 0 Å². The van der Waals surface area contributed by atoms with E-state index in [0.29, 0.717) is 12.8 Å². The number of esters is 2. The van der Waals surface area contributed by atoms with Crippen LogP contribution in [0.2, 0.25) is 0 Å². The lowest BCUT2D eigenvalue weighted by Crippen LogP contribution is -2.52. The van der Waals surface area contributed by atoms with Gasteiger partial charge in [0.05, 0.1) is 0 Å². The number of carboxylic acids is 2. The van der Waals surface area contributed by atoms with Crippen LogP contribution in [0.3, 0.4) is 0 Å². The fourth-order valence-corrected chi connectivity index (χ4v) is 3.02. The van der Waals surface area contributed by atoms with E-state index in [1.54, 1.807) is 13.8 Å². The van der Waals surface area contributed by atoms with Crippen molar-refractivity contribution in [2.45, 2.75) is 91.3 Å². The van der Waals surface area contributed by atoms with Crippen LogP contribution in [0.1, 0.15) is 79.1 Å². The van der Waals surface area contributed by atoms with E-state index in [1.807, 2.05) is 0 Å². The number of hydrogen-bond acceptors (Lipinski definition) is 6. The largest absolute Gasteiger partial charge is 0.481 e. The van der Waals surface area contributed by atoms with Gasteiger partial charge in [-0.2, -0.15) is 0 Å². The van der Waals surface area contributed by atoms with Crippen LogP contribution in [-0.4, -0.2) is 46.3 Å². The molecule has 0 rings (SSSR count). The molecule has 2 N–H and O–H groups in total. The van der Waals surface area contributed by atoms with Crippen molar-refractivity contribution in [2.75, 3.05) is 0 Å². The Morgan fingerprint density at radius 3 is 1.59 bits per heavy atom. The van der Waals surface area contributed by atoms with Crippen molar-refractivity contribution in [3.63, 3.8) is 0 Å². The Hall–Kier alpha value is -2.12. The molecule has 0 heterocycles. The molecule has 8 nitrogen and oxygen atoms in total. The number of aliphatic carboxylic acids is 2. The molecule has 2 atom stereocenters. The van der Waals surface area contributed by atoms with E-state index >= 15 is 0 Å². The third-order valence-electron chi connectivity index (χ3n) is 4.60. The van der Waals surface area contributed by atoms with Gasteiger partial charge in [0, 0.05) is 19.3 Å². The topological polar surface area (TPSA) is 127 Å². The van der Waals surface area contributed by atoms with Gasteiger partial charge in [-0.05, 0) is 39.5 Å². The van der Waals surface area contributed by atoms with E-state index in [1.165, 1.54) is 13.8 Å². The summed E-state index contributed by atoms with van der Waals surface area (Å²) < 4.78 is 10.7. The SMILES string of the molecule is CCCC(=O)OC(C)C(CCCCC(=O)O)(C(=O)O)C(C)OC(=O)CCC. The first-order valence-electron chi connectivity index (χ1n) is 9.45. The maximum atomic E-state index is 12.2. The highest BCUT2D eigenvalue weighted by molar-refractivity contribution is 5.78. The molecule has 27 heavy (non-hydrogen) atoms. The summed E-state index contributed by atoms with van der Waals surface area (Å²) in [6, 6.07) is 0. The molecule has 0 saturated carbocycles. The summed E-state index contributed by atoms with van der Waals surface area (Å²) >= 11 is 0. The molecule has 0 aliphatic heterocycles. The van der Waals surface area contributed by atoms with Crippen LogP contribution in [-0.2, 0) is 28.7 Å². The number of unbranched alkanes of at least 4 members (excludes halogenated alkanes) is 1. The fourth-order valence-electron chi connectivity index (χ4n) is 3.02. The van der Waals surface area contributed by atoms with Crippen molar-refractivity contribution in [1.29, 1.82) is 0 Å². The third-order valence-corrected chi connectivity index (χ3v) is 4.60. The van der Waals surface area contributed by atoms with Crippen molar-refractivity contribution >= 4 is 23.9 Å². The standard InChI is InChI=1S/C19H32O8/c1-5-9-16(22)26-13(3)19(18(24)25,12-8-7-11-15(20)21)14(4)27-17(23)10-6-2/h13-14H,5-12H2,1-4H3,(H,20,21)(H,24,25). The van der Waals surface area contributed by atoms with Crippen molar-refractivity contribution in [1.82, 2.24) is 0 Å². The molecule has 0 saturated heterocycles. The lowest BCUT2D eigenvalue weighted by atomic mass is 9.73. The highest BCUT2D eigenvalue weighted by Crippen LogP contribution is 2.38. The van der Waals surface area contributed by atoms with Gasteiger partial charge in [-0.3, -0.25) is 19.2 Å². The van der Waals surface area contributed by atoms with Gasteiger partial charge in [0.15, 0.2) is 0 Å². The number of carbonyl (C=O) groups excluding carboxylic acids is 2. The average Bonchev–Trinajstić information content (AvgIpc) is 2.54. The van der Waals surface area contributed by atoms with Crippen LogP contribution in [0.25, 0.3) is 0 Å². The molecule has 156 valence electrons. The molecule has 0 aromatic heterocycles. The summed E-state index contributed by atoms with van der Waals surface area (Å²) in [6.07, 6.45) is -0.158. The maximum Gasteiger partial charge on any atom is 0.317 e. The Morgan fingerprint density at radius 1 is 0.815 bits per heavy atom. The van der Waals surface area contributed by atoms with E-state index < -0.39 is 41.5 Å². The lowest BCUT2D eigenvalue weighted by molar-refractivity contribution is -0.186. The third kappa shape index (κ3) is 7.97. The first kappa shape index (κ1) is 24.9. The number of carboxylic acid groups (broad SMARTS) is 2. The zero-order valence-electron chi connectivity index (χ0n) is 16.7. The van der Waals surface area contributed by atoms with Crippen molar-refractivity contribution < 1.29 is 38.9 Å². The average molecular weight is 388 g/mol. The smallest absolute Gasteiger partial charge is 0.317 e. The molecule has 0 aromatic rings. The molecule has 8 heteroatoms. The summed E-state index contributed by atoms with van der Waals surface area (Å²) in [5, 5.41) is 18.7. The molecular formula is C19H32O8. The molecule has 0 spiro atoms. The van der Waals surface area contributed by atoms with E-state index in [4.69, 9.17) is 14.6 Å². The molecule has 0 radical (unpaired) electrons. The quantitative estimate of drug-likeness (QED) is 0.343. The van der Waals surface area contributed by atoms with E-state index in [-0.39, 0.29) is 38.5 Å². The van der Waals surface area contributed by atoms with E-state index in [9.17, 15) is 24.3 Å². The summed E-state index contributed by atoms with van der Waals surface area (Å²) in [6.45, 7) is 6.56. The molecule has 0 aliphatic rings. The van der Waals surface area contributed by atoms with Gasteiger partial charge in [0.1, 0.15) is 17.6 Å². The van der Waals surface area contributed by atoms with Crippen LogP contribution in [0, 0.1) is 5.41 Å². The van der Waals surface area contributed by atoms with Crippen molar-refractivity contribution in [2.24, 2.45) is 5.41 Å². The first-order valence-corrected chi connectivity index (χ1v) is 9.45. The minimum absolute atomic E-state index is 0.0246. The molecule has 0 aliphatic carbocycles. The van der Waals surface area contributed by atoms with Gasteiger partial charge in [-0.25, -0.2) is 0 Å². The zero-order valence-corrected chi connectivity index (χ0v) is 16.7. The Kier molecular flexibility index (Phi) is 11.3. The van der Waals surface area contributed by atoms with Crippen molar-refractivity contribution in [3.8, 4) is 0 Å². The second kappa shape index (κ2) is 12.3. The molecule has 0 amide bonds. The molecule has 0 bridgehead atoms. The molecule has 2 unspecified atom stereocenters. The van der Waals surface area contributed by atoms with Crippen LogP contribution in [0.5, 0.6) is 0 Å². The second-order valence-corrected chi connectivity index (χ2v) is 6.71. The molecular weight excluding hydrogens is 356 g/mol. The molecule has 0 fully saturated rings. The van der Waals surface area contributed by atoms with E-state index in [0.717, 1.165) is 0 Å². The number of carbonyl (C=O) groups is 4. The van der Waals surface area contributed by atoms with Crippen molar-refractivity contribution in [3.05, 3.63) is 0 Å². The Bertz CT molecular complexity index is 488. The lowest BCUT2D eigenvalue weighted by Gasteiger charge is -2.39. The minimum Gasteiger partial charge on any atom is -0.481 e. The van der Waals surface area contributed by atoms with Gasteiger partial charge in [0.2, 0.25) is 0 Å². The van der Waals surface area contributed by atoms with E-state index in [2.05, 4.69) is 0 Å². The monoisotopic (exact) mass is 388 g/mol. The summed E-state index contributed by atoms with van der Waals surface area (Å²) in [4.78, 5) is 46.7. The van der Waals surface area contributed by atoms with Gasteiger partial charge in [-0.1, -0.05) is 20.3 Å². The Labute approximate surface area is 160 Å². The van der Waals surface area contributed by atoms with Gasteiger partial charge < -0.3 is 19.7 Å². The summed E-state index contributed by atoms with van der Waals surface area (Å²) in [5.74, 6) is -3.26. The van der Waals surface area contributed by atoms with Gasteiger partial charge in [-0.15, -0.1) is 0 Å². The van der Waals surface area contributed by atoms with Crippen LogP contribution in [0.15, 0.2) is 0 Å². The predicted octanol–water partition coefficient (Wildman–Crippen LogP) is 3.17. The fraction of sp³-hybridized carbons (Fsp3) is 0.789. The Morgan fingerprint density at radius 2 is 1.26 bits per heavy atom. The van der Waals surface area contributed by atoms with Gasteiger partial charge in [0.25, 0.3) is 0 Å². The normalized spacial score (nSPS) is 15.3. The highest BCUT2D eigenvalue weighted by atomic mass is 16.6. The number of ether oxygens (including phenoxy) is 2. The number of hydrogen-bond donors (Lipinski definition) is 2. The summed E-state index contributed by atoms with van der Waals surface area (Å²) in [5.41, 5.74) is -1.65. The minimum atomic E-state index is -1.65. The van der Waals surface area contributed by atoms with Gasteiger partial charge >= 0.3 is 23.9 Å². The second-order valence-electron chi connectivity index (χ2n) is 6.71. The summed E-state index contributed by atoms with van der Waals surface area (Å²) in [7, 11) is 0. The predicted molar refractivity (Wildman–Crippen MR) is 97.1 cm³/mol. The number of rotatable bonds is 14. The first-order chi connectivity index (χ1) is 12.6. The highest BCUT2D eigenvalue weighted by Gasteiger charge is 2.52. The van der Waals surface area contributed by atoms with Crippen LogP contribution < -0.4 is 0 Å². The van der Waals surface area contributed by atoms with Crippen LogP contribution in [0.4, 0.5) is 0 Å². The molecule has 0 aromatic carbocycles. The Balaban J connectivity index is 5.53. The zero-order chi connectivity index (χ0) is 21.0. The maximum absolute atomic E-state index is 12.2.